The first-order valence-corrected chi connectivity index (χ1v) is 18.0. The highest BCUT2D eigenvalue weighted by atomic mass is 16.5. The first-order valence-electron chi connectivity index (χ1n) is 18.0. The van der Waals surface area contributed by atoms with Crippen LogP contribution in [0.2, 0.25) is 0 Å². The molecule has 0 radical (unpaired) electrons. The van der Waals surface area contributed by atoms with E-state index in [1.54, 1.807) is 29.1 Å². The first-order chi connectivity index (χ1) is 25.3. The SMILES string of the molecule is COC(=O)N[C@@H](C)C(=O)N1CCC[C@H]1c1ncc(-c2ccc(-c3ccc(-c4cnc([C@@H]5CCCN5C(=O)[C@@H](N(C)C(=O)O)C(C)(C)C)[nH]4)cc3)cc2)[nH]1. The molecule has 4 atom stereocenters. The molecular weight excluding hydrogens is 676 g/mol. The van der Waals surface area contributed by atoms with Crippen LogP contribution in [0.25, 0.3) is 33.6 Å². The molecule has 0 bridgehead atoms. The number of carbonyl (C=O) groups excluding carboxylic acids is 3. The second-order valence-corrected chi connectivity index (χ2v) is 14.9. The van der Waals surface area contributed by atoms with Gasteiger partial charge in [-0.25, -0.2) is 19.6 Å². The van der Waals surface area contributed by atoms with Crippen molar-refractivity contribution in [3.05, 3.63) is 72.6 Å². The zero-order valence-corrected chi connectivity index (χ0v) is 31.1. The lowest BCUT2D eigenvalue weighted by atomic mass is 9.84. The Morgan fingerprint density at radius 1 is 0.811 bits per heavy atom. The van der Waals surface area contributed by atoms with Gasteiger partial charge in [-0.05, 0) is 60.3 Å². The number of amides is 4. The van der Waals surface area contributed by atoms with Crippen molar-refractivity contribution in [2.45, 2.75) is 77.5 Å². The molecule has 2 fully saturated rings. The highest BCUT2D eigenvalue weighted by Gasteiger charge is 2.43. The fourth-order valence-corrected chi connectivity index (χ4v) is 7.55. The average molecular weight is 725 g/mol. The van der Waals surface area contributed by atoms with E-state index >= 15 is 0 Å². The number of imidazole rings is 2. The van der Waals surface area contributed by atoms with Gasteiger partial charge < -0.3 is 34.9 Å². The van der Waals surface area contributed by atoms with E-state index in [0.717, 1.165) is 64.2 Å². The summed E-state index contributed by atoms with van der Waals surface area (Å²) in [5, 5.41) is 12.2. The summed E-state index contributed by atoms with van der Waals surface area (Å²) in [6.07, 6.45) is 4.97. The van der Waals surface area contributed by atoms with Crippen LogP contribution in [0.3, 0.4) is 0 Å². The van der Waals surface area contributed by atoms with Crippen molar-refractivity contribution in [3.63, 3.8) is 0 Å². The number of ether oxygens (including phenoxy) is 1. The number of carboxylic acid groups (broad SMARTS) is 1. The van der Waals surface area contributed by atoms with Gasteiger partial charge in [0.25, 0.3) is 0 Å². The minimum absolute atomic E-state index is 0.177. The van der Waals surface area contributed by atoms with Gasteiger partial charge in [0.2, 0.25) is 11.8 Å². The van der Waals surface area contributed by atoms with Crippen molar-refractivity contribution in [1.29, 1.82) is 0 Å². The summed E-state index contributed by atoms with van der Waals surface area (Å²) in [6, 6.07) is 14.4. The van der Waals surface area contributed by atoms with Gasteiger partial charge in [-0.1, -0.05) is 69.3 Å². The molecule has 2 aromatic carbocycles. The lowest BCUT2D eigenvalue weighted by Gasteiger charge is -2.38. The standard InChI is InChI=1S/C39H48N8O6/c1-23(42-37(50)53-6)35(48)46-19-7-9-30(46)33-40-21-28(43-33)26-15-11-24(12-16-26)25-13-17-27(18-14-25)29-22-41-34(44-29)31-10-8-20-47(31)36(49)32(39(2,3)4)45(5)38(51)52/h11-18,21-23,30-32H,7-10,19-20H2,1-6H3,(H,40,43)(H,41,44)(H,42,50)(H,51,52)/t23-,30-,31-,32+/m0/s1. The number of carbonyl (C=O) groups is 4. The molecule has 4 aromatic rings. The predicted molar refractivity (Wildman–Crippen MR) is 198 cm³/mol. The van der Waals surface area contributed by atoms with E-state index in [9.17, 15) is 24.3 Å². The minimum atomic E-state index is -1.13. The van der Waals surface area contributed by atoms with E-state index in [0.29, 0.717) is 24.7 Å². The van der Waals surface area contributed by atoms with E-state index in [1.807, 2.05) is 45.0 Å². The molecule has 4 amide bonds. The van der Waals surface area contributed by atoms with Gasteiger partial charge in [0, 0.05) is 20.1 Å². The highest BCUT2D eigenvalue weighted by molar-refractivity contribution is 5.87. The van der Waals surface area contributed by atoms with Crippen LogP contribution in [0, 0.1) is 5.41 Å². The molecule has 2 saturated heterocycles. The zero-order valence-electron chi connectivity index (χ0n) is 31.1. The van der Waals surface area contributed by atoms with Crippen LogP contribution in [0.5, 0.6) is 0 Å². The van der Waals surface area contributed by atoms with Crippen LogP contribution < -0.4 is 5.32 Å². The van der Waals surface area contributed by atoms with E-state index in [1.165, 1.54) is 14.2 Å². The molecule has 6 rings (SSSR count). The molecule has 280 valence electrons. The summed E-state index contributed by atoms with van der Waals surface area (Å²) in [7, 11) is 2.72. The van der Waals surface area contributed by atoms with Crippen LogP contribution in [0.15, 0.2) is 60.9 Å². The number of aromatic amines is 2. The Bertz CT molecular complexity index is 1950. The fraction of sp³-hybridized carbons (Fsp3) is 0.436. The largest absolute Gasteiger partial charge is 0.465 e. The van der Waals surface area contributed by atoms with Crippen LogP contribution in [-0.4, -0.2) is 103 Å². The number of likely N-dealkylation sites (N-methyl/N-ethyl adjacent to an activating group) is 1. The van der Waals surface area contributed by atoms with Gasteiger partial charge in [-0.15, -0.1) is 0 Å². The number of hydrogen-bond donors (Lipinski definition) is 4. The maximum Gasteiger partial charge on any atom is 0.407 e. The second-order valence-electron chi connectivity index (χ2n) is 14.9. The Morgan fingerprint density at radius 2 is 1.25 bits per heavy atom. The number of benzene rings is 2. The van der Waals surface area contributed by atoms with Crippen molar-refractivity contribution in [2.24, 2.45) is 5.41 Å². The Balaban J connectivity index is 1.11. The normalized spacial score (nSPS) is 18.5. The van der Waals surface area contributed by atoms with Crippen molar-refractivity contribution < 1.29 is 29.0 Å². The Labute approximate surface area is 308 Å². The van der Waals surface area contributed by atoms with Gasteiger partial charge >= 0.3 is 12.2 Å². The average Bonchev–Trinajstić information content (AvgIpc) is 3.97. The summed E-state index contributed by atoms with van der Waals surface area (Å²) in [5.74, 6) is 1.02. The molecule has 14 heteroatoms. The molecular formula is C39H48N8O6. The fourth-order valence-electron chi connectivity index (χ4n) is 7.55. The second kappa shape index (κ2) is 15.1. The molecule has 0 aliphatic carbocycles. The van der Waals surface area contributed by atoms with Crippen molar-refractivity contribution in [1.82, 2.24) is 40.0 Å². The van der Waals surface area contributed by atoms with E-state index in [4.69, 9.17) is 0 Å². The molecule has 2 aromatic heterocycles. The summed E-state index contributed by atoms with van der Waals surface area (Å²) in [4.78, 5) is 71.1. The van der Waals surface area contributed by atoms with Crippen LogP contribution in [0.4, 0.5) is 9.59 Å². The topological polar surface area (TPSA) is 177 Å². The van der Waals surface area contributed by atoms with Gasteiger partial charge in [0.15, 0.2) is 0 Å². The summed E-state index contributed by atoms with van der Waals surface area (Å²) >= 11 is 0. The van der Waals surface area contributed by atoms with Crippen LogP contribution in [-0.2, 0) is 14.3 Å². The lowest BCUT2D eigenvalue weighted by molar-refractivity contribution is -0.140. The molecule has 4 N–H and O–H groups in total. The number of H-pyrrole nitrogens is 2. The van der Waals surface area contributed by atoms with Crippen LogP contribution in [0.1, 0.15) is 77.1 Å². The van der Waals surface area contributed by atoms with Gasteiger partial charge in [-0.2, -0.15) is 0 Å². The molecule has 14 nitrogen and oxygen atoms in total. The summed E-state index contributed by atoms with van der Waals surface area (Å²) in [6.45, 7) is 8.43. The van der Waals surface area contributed by atoms with Crippen molar-refractivity contribution in [2.75, 3.05) is 27.2 Å². The quantitative estimate of drug-likeness (QED) is 0.157. The molecule has 0 spiro atoms. The maximum absolute atomic E-state index is 13.8. The molecule has 0 saturated carbocycles. The monoisotopic (exact) mass is 724 g/mol. The number of nitrogens with one attached hydrogen (secondary N) is 3. The molecule has 4 heterocycles. The zero-order chi connectivity index (χ0) is 38.0. The third kappa shape index (κ3) is 7.76. The van der Waals surface area contributed by atoms with Crippen LogP contribution >= 0.6 is 0 Å². The third-order valence-electron chi connectivity index (χ3n) is 10.3. The predicted octanol–water partition coefficient (Wildman–Crippen LogP) is 6.23. The van der Waals surface area contributed by atoms with E-state index < -0.39 is 29.7 Å². The van der Waals surface area contributed by atoms with Crippen molar-refractivity contribution in [3.8, 4) is 33.6 Å². The number of nitrogens with zero attached hydrogens (tertiary/aromatic N) is 5. The molecule has 53 heavy (non-hydrogen) atoms. The first kappa shape index (κ1) is 37.1. The third-order valence-corrected chi connectivity index (χ3v) is 10.3. The number of alkyl carbamates (subject to hydrolysis) is 1. The molecule has 0 unspecified atom stereocenters. The van der Waals surface area contributed by atoms with Gasteiger partial charge in [0.1, 0.15) is 23.7 Å². The number of aromatic nitrogens is 4. The van der Waals surface area contributed by atoms with Gasteiger partial charge in [-0.3, -0.25) is 14.5 Å². The number of methoxy groups -OCH3 is 1. The smallest absolute Gasteiger partial charge is 0.407 e. The minimum Gasteiger partial charge on any atom is -0.465 e. The molecule has 2 aliphatic heterocycles. The van der Waals surface area contributed by atoms with E-state index in [-0.39, 0.29) is 23.9 Å². The lowest BCUT2D eigenvalue weighted by Crippen LogP contribution is -2.54. The van der Waals surface area contributed by atoms with E-state index in [2.05, 4.69) is 54.3 Å². The molecule has 2 aliphatic rings. The Morgan fingerprint density at radius 3 is 1.66 bits per heavy atom. The Hall–Kier alpha value is -5.66. The van der Waals surface area contributed by atoms with Crippen molar-refractivity contribution >= 4 is 24.0 Å². The summed E-state index contributed by atoms with van der Waals surface area (Å²) in [5.41, 5.74) is 5.12. The maximum atomic E-state index is 13.8. The van der Waals surface area contributed by atoms with Gasteiger partial charge in [0.05, 0.1) is 43.0 Å². The number of hydrogen-bond acceptors (Lipinski definition) is 7. The Kier molecular flexibility index (Phi) is 10.6. The summed E-state index contributed by atoms with van der Waals surface area (Å²) < 4.78 is 4.64. The number of rotatable bonds is 9. The number of likely N-dealkylation sites (tertiary alicyclic amines) is 2. The highest BCUT2D eigenvalue weighted by Crippen LogP contribution is 2.36.